The summed E-state index contributed by atoms with van der Waals surface area (Å²) in [6, 6.07) is 13.7. The van der Waals surface area contributed by atoms with E-state index in [1.54, 1.807) is 23.3 Å². The van der Waals surface area contributed by atoms with Crippen LogP contribution in [0.25, 0.3) is 0 Å². The molecule has 1 amide bonds. The van der Waals surface area contributed by atoms with E-state index in [4.69, 9.17) is 5.73 Å². The van der Waals surface area contributed by atoms with Gasteiger partial charge in [-0.15, -0.1) is 11.3 Å². The van der Waals surface area contributed by atoms with E-state index < -0.39 is 0 Å². The van der Waals surface area contributed by atoms with Gasteiger partial charge in [-0.2, -0.15) is 0 Å². The minimum atomic E-state index is 0.0926. The first-order valence-corrected chi connectivity index (χ1v) is 7.15. The Kier molecular flexibility index (Phi) is 4.71. The van der Waals surface area contributed by atoms with Crippen LogP contribution in [0.2, 0.25) is 0 Å². The van der Waals surface area contributed by atoms with Gasteiger partial charge in [-0.3, -0.25) is 4.79 Å². The molecule has 4 heteroatoms. The van der Waals surface area contributed by atoms with Crippen molar-refractivity contribution >= 4 is 22.9 Å². The topological polar surface area (TPSA) is 46.3 Å². The Morgan fingerprint density at radius 2 is 2.00 bits per heavy atom. The highest BCUT2D eigenvalue weighted by atomic mass is 32.1. The van der Waals surface area contributed by atoms with Crippen molar-refractivity contribution in [1.29, 1.82) is 0 Å². The Morgan fingerprint density at radius 1 is 1.26 bits per heavy atom. The summed E-state index contributed by atoms with van der Waals surface area (Å²) in [5.74, 6) is 0.203. The van der Waals surface area contributed by atoms with Crippen molar-refractivity contribution in [2.24, 2.45) is 5.73 Å². The fourth-order valence-electron chi connectivity index (χ4n) is 1.97. The number of carbonyl (C=O) groups excluding carboxylic acids is 1. The molecule has 0 bridgehead atoms. The lowest BCUT2D eigenvalue weighted by atomic mass is 10.0. The highest BCUT2D eigenvalue weighted by molar-refractivity contribution is 7.10. The molecule has 1 unspecified atom stereocenters. The Hall–Kier alpha value is -1.65. The van der Waals surface area contributed by atoms with Gasteiger partial charge in [0.15, 0.2) is 0 Å². The van der Waals surface area contributed by atoms with Gasteiger partial charge >= 0.3 is 0 Å². The number of para-hydroxylation sites is 1. The molecule has 100 valence electrons. The smallest absolute Gasteiger partial charge is 0.227 e. The Labute approximate surface area is 117 Å². The van der Waals surface area contributed by atoms with Gasteiger partial charge < -0.3 is 10.6 Å². The van der Waals surface area contributed by atoms with Crippen LogP contribution in [0, 0.1) is 0 Å². The van der Waals surface area contributed by atoms with Crippen LogP contribution in [0.5, 0.6) is 0 Å². The summed E-state index contributed by atoms with van der Waals surface area (Å²) < 4.78 is 0. The lowest BCUT2D eigenvalue weighted by Crippen LogP contribution is -2.29. The molecule has 2 aromatic rings. The summed E-state index contributed by atoms with van der Waals surface area (Å²) >= 11 is 1.65. The van der Waals surface area contributed by atoms with Crippen molar-refractivity contribution < 1.29 is 4.79 Å². The van der Waals surface area contributed by atoms with E-state index in [1.165, 1.54) is 4.88 Å². The van der Waals surface area contributed by atoms with Crippen molar-refractivity contribution in [3.8, 4) is 0 Å². The number of hydrogen-bond acceptors (Lipinski definition) is 3. The molecule has 1 heterocycles. The van der Waals surface area contributed by atoms with Gasteiger partial charge in [-0.1, -0.05) is 24.3 Å². The van der Waals surface area contributed by atoms with E-state index in [0.29, 0.717) is 13.0 Å². The van der Waals surface area contributed by atoms with Gasteiger partial charge in [0, 0.05) is 36.5 Å². The molecule has 0 aliphatic heterocycles. The molecular formula is C15H18N2OS. The number of rotatable bonds is 5. The summed E-state index contributed by atoms with van der Waals surface area (Å²) in [4.78, 5) is 15.2. The third kappa shape index (κ3) is 3.43. The number of thiophene rings is 1. The summed E-state index contributed by atoms with van der Waals surface area (Å²) in [6.45, 7) is 0.495. The third-order valence-electron chi connectivity index (χ3n) is 3.17. The standard InChI is InChI=1S/C15H18N2OS/c1-17(13-6-3-2-4-7-13)15(18)10-12(11-16)14-8-5-9-19-14/h2-9,12H,10-11,16H2,1H3. The number of carbonyl (C=O) groups is 1. The van der Waals surface area contributed by atoms with Crippen LogP contribution in [0.15, 0.2) is 47.8 Å². The second kappa shape index (κ2) is 6.50. The molecular weight excluding hydrogens is 256 g/mol. The first kappa shape index (κ1) is 13.8. The van der Waals surface area contributed by atoms with Crippen molar-refractivity contribution in [3.63, 3.8) is 0 Å². The molecule has 0 saturated carbocycles. The maximum Gasteiger partial charge on any atom is 0.227 e. The summed E-state index contributed by atoms with van der Waals surface area (Å²) in [5, 5.41) is 2.02. The molecule has 0 spiro atoms. The maximum atomic E-state index is 12.3. The third-order valence-corrected chi connectivity index (χ3v) is 4.20. The minimum Gasteiger partial charge on any atom is -0.330 e. The summed E-state index contributed by atoms with van der Waals surface area (Å²) in [5.41, 5.74) is 6.70. The zero-order valence-corrected chi connectivity index (χ0v) is 11.8. The number of nitrogens with zero attached hydrogens (tertiary/aromatic N) is 1. The molecule has 19 heavy (non-hydrogen) atoms. The molecule has 1 aromatic carbocycles. The van der Waals surface area contributed by atoms with E-state index in [0.717, 1.165) is 5.69 Å². The Bertz CT molecular complexity index is 510. The summed E-state index contributed by atoms with van der Waals surface area (Å²) in [7, 11) is 1.81. The predicted molar refractivity (Wildman–Crippen MR) is 80.6 cm³/mol. The fourth-order valence-corrected chi connectivity index (χ4v) is 2.81. The van der Waals surface area contributed by atoms with Crippen LogP contribution < -0.4 is 10.6 Å². The minimum absolute atomic E-state index is 0.0926. The van der Waals surface area contributed by atoms with Gasteiger partial charge in [0.1, 0.15) is 0 Å². The van der Waals surface area contributed by atoms with Gasteiger partial charge in [-0.25, -0.2) is 0 Å². The highest BCUT2D eigenvalue weighted by Gasteiger charge is 2.18. The van der Waals surface area contributed by atoms with Crippen molar-refractivity contribution in [2.75, 3.05) is 18.5 Å². The lowest BCUT2D eigenvalue weighted by molar-refractivity contribution is -0.118. The number of anilines is 1. The number of benzene rings is 1. The molecule has 0 fully saturated rings. The van der Waals surface area contributed by atoms with Crippen LogP contribution in [-0.2, 0) is 4.79 Å². The first-order valence-electron chi connectivity index (χ1n) is 6.27. The molecule has 2 rings (SSSR count). The van der Waals surface area contributed by atoms with Crippen LogP contribution in [-0.4, -0.2) is 19.5 Å². The number of hydrogen-bond donors (Lipinski definition) is 1. The molecule has 0 saturated heterocycles. The fraction of sp³-hybridized carbons (Fsp3) is 0.267. The highest BCUT2D eigenvalue weighted by Crippen LogP contribution is 2.25. The molecule has 0 aliphatic rings. The summed E-state index contributed by atoms with van der Waals surface area (Å²) in [6.07, 6.45) is 0.447. The molecule has 1 aromatic heterocycles. The average molecular weight is 274 g/mol. The predicted octanol–water partition coefficient (Wildman–Crippen LogP) is 2.84. The van der Waals surface area contributed by atoms with Crippen molar-refractivity contribution in [2.45, 2.75) is 12.3 Å². The van der Waals surface area contributed by atoms with Crippen molar-refractivity contribution in [3.05, 3.63) is 52.7 Å². The molecule has 3 nitrogen and oxygen atoms in total. The number of amides is 1. The van der Waals surface area contributed by atoms with Crippen LogP contribution in [0.1, 0.15) is 17.2 Å². The molecule has 0 radical (unpaired) electrons. The molecule has 0 aliphatic carbocycles. The Balaban J connectivity index is 2.04. The van der Waals surface area contributed by atoms with Crippen LogP contribution >= 0.6 is 11.3 Å². The van der Waals surface area contributed by atoms with Crippen molar-refractivity contribution in [1.82, 2.24) is 0 Å². The van der Waals surface area contributed by atoms with Crippen LogP contribution in [0.3, 0.4) is 0 Å². The second-order valence-electron chi connectivity index (χ2n) is 4.44. The zero-order chi connectivity index (χ0) is 13.7. The van der Waals surface area contributed by atoms with E-state index in [9.17, 15) is 4.79 Å². The lowest BCUT2D eigenvalue weighted by Gasteiger charge is -2.20. The Morgan fingerprint density at radius 3 is 2.58 bits per heavy atom. The van der Waals surface area contributed by atoms with E-state index in [2.05, 4.69) is 0 Å². The monoisotopic (exact) mass is 274 g/mol. The van der Waals surface area contributed by atoms with Gasteiger partial charge in [0.25, 0.3) is 0 Å². The number of nitrogens with two attached hydrogens (primary N) is 1. The normalized spacial score (nSPS) is 12.1. The average Bonchev–Trinajstić information content (AvgIpc) is 2.98. The van der Waals surface area contributed by atoms with Gasteiger partial charge in [0.05, 0.1) is 0 Å². The quantitative estimate of drug-likeness (QED) is 0.911. The molecule has 2 N–H and O–H groups in total. The van der Waals surface area contributed by atoms with E-state index in [1.807, 2.05) is 47.8 Å². The molecule has 1 atom stereocenters. The largest absolute Gasteiger partial charge is 0.330 e. The van der Waals surface area contributed by atoms with Crippen LogP contribution in [0.4, 0.5) is 5.69 Å². The van der Waals surface area contributed by atoms with E-state index in [-0.39, 0.29) is 11.8 Å². The van der Waals surface area contributed by atoms with E-state index >= 15 is 0 Å². The maximum absolute atomic E-state index is 12.3. The zero-order valence-electron chi connectivity index (χ0n) is 11.0. The second-order valence-corrected chi connectivity index (χ2v) is 5.42. The van der Waals surface area contributed by atoms with Gasteiger partial charge in [0.2, 0.25) is 5.91 Å². The SMILES string of the molecule is CN(C(=O)CC(CN)c1cccs1)c1ccccc1. The first-order chi connectivity index (χ1) is 9.22. The van der Waals surface area contributed by atoms with Gasteiger partial charge in [-0.05, 0) is 23.6 Å².